The molecule has 0 bridgehead atoms. The molecule has 2 atom stereocenters. The number of hydrogen-bond acceptors (Lipinski definition) is 2. The highest BCUT2D eigenvalue weighted by atomic mass is 16.2. The molecule has 1 aromatic rings. The van der Waals surface area contributed by atoms with Gasteiger partial charge in [0.15, 0.2) is 0 Å². The first-order valence-corrected chi connectivity index (χ1v) is 6.41. The molecule has 1 N–H and O–H groups in total. The quantitative estimate of drug-likeness (QED) is 0.828. The Morgan fingerprint density at radius 3 is 2.59 bits per heavy atom. The largest absolute Gasteiger partial charge is 0.340 e. The van der Waals surface area contributed by atoms with Crippen LogP contribution in [0.3, 0.4) is 0 Å². The van der Waals surface area contributed by atoms with Gasteiger partial charge in [0.25, 0.3) is 0 Å². The zero-order valence-corrected chi connectivity index (χ0v) is 9.93. The van der Waals surface area contributed by atoms with Gasteiger partial charge < -0.3 is 10.2 Å². The van der Waals surface area contributed by atoms with Crippen molar-refractivity contribution in [1.29, 1.82) is 0 Å². The van der Waals surface area contributed by atoms with Gasteiger partial charge in [-0.15, -0.1) is 0 Å². The van der Waals surface area contributed by atoms with Gasteiger partial charge in [0.1, 0.15) is 0 Å². The number of piperazine rings is 1. The number of nitrogens with one attached hydrogen (secondary N) is 1. The smallest absolute Gasteiger partial charge is 0.226 e. The molecule has 2 aliphatic rings. The molecule has 90 valence electrons. The fourth-order valence-corrected chi connectivity index (χ4v) is 2.66. The van der Waals surface area contributed by atoms with Gasteiger partial charge >= 0.3 is 0 Å². The topological polar surface area (TPSA) is 32.3 Å². The highest BCUT2D eigenvalue weighted by Gasteiger charge is 2.45. The van der Waals surface area contributed by atoms with Crippen LogP contribution in [0.2, 0.25) is 0 Å². The molecule has 1 saturated carbocycles. The fourth-order valence-electron chi connectivity index (χ4n) is 2.66. The van der Waals surface area contributed by atoms with Crippen molar-refractivity contribution in [2.45, 2.75) is 12.3 Å². The van der Waals surface area contributed by atoms with E-state index in [9.17, 15) is 4.79 Å². The van der Waals surface area contributed by atoms with E-state index in [0.717, 1.165) is 32.6 Å². The Kier molecular flexibility index (Phi) is 2.85. The first-order chi connectivity index (χ1) is 8.36. The number of amides is 1. The van der Waals surface area contributed by atoms with Gasteiger partial charge in [0, 0.05) is 32.1 Å². The molecule has 3 rings (SSSR count). The third-order valence-corrected chi connectivity index (χ3v) is 3.76. The van der Waals surface area contributed by atoms with Gasteiger partial charge in [-0.25, -0.2) is 0 Å². The molecule has 3 nitrogen and oxygen atoms in total. The lowest BCUT2D eigenvalue weighted by atomic mass is 10.1. The molecule has 2 fully saturated rings. The molecule has 17 heavy (non-hydrogen) atoms. The Bertz CT molecular complexity index is 398. The van der Waals surface area contributed by atoms with Crippen LogP contribution in [0, 0.1) is 5.92 Å². The SMILES string of the molecule is O=C([C@H]1C[C@H]1c1ccccc1)N1CCNCC1. The fraction of sp³-hybridized carbons (Fsp3) is 0.500. The van der Waals surface area contributed by atoms with E-state index >= 15 is 0 Å². The van der Waals surface area contributed by atoms with E-state index in [0.29, 0.717) is 11.8 Å². The molecule has 0 spiro atoms. The van der Waals surface area contributed by atoms with E-state index < -0.39 is 0 Å². The average molecular weight is 230 g/mol. The summed E-state index contributed by atoms with van der Waals surface area (Å²) in [4.78, 5) is 14.3. The maximum atomic E-state index is 12.2. The second kappa shape index (κ2) is 4.49. The number of carbonyl (C=O) groups excluding carboxylic acids is 1. The molecule has 0 aromatic heterocycles. The van der Waals surface area contributed by atoms with Crippen LogP contribution in [0.5, 0.6) is 0 Å². The standard InChI is InChI=1S/C14H18N2O/c17-14(16-8-6-15-7-9-16)13-10-12(13)11-4-2-1-3-5-11/h1-5,12-13,15H,6-10H2/t12-,13-/m0/s1. The molecule has 0 unspecified atom stereocenters. The lowest BCUT2D eigenvalue weighted by Crippen LogP contribution is -2.47. The summed E-state index contributed by atoms with van der Waals surface area (Å²) in [5.74, 6) is 1.08. The molecule has 1 heterocycles. The summed E-state index contributed by atoms with van der Waals surface area (Å²) in [6, 6.07) is 10.4. The van der Waals surface area contributed by atoms with Crippen LogP contribution in [-0.4, -0.2) is 37.0 Å². The summed E-state index contributed by atoms with van der Waals surface area (Å²) in [5.41, 5.74) is 1.32. The lowest BCUT2D eigenvalue weighted by Gasteiger charge is -2.27. The number of carbonyl (C=O) groups is 1. The minimum Gasteiger partial charge on any atom is -0.340 e. The van der Waals surface area contributed by atoms with Crippen LogP contribution in [0.1, 0.15) is 17.9 Å². The van der Waals surface area contributed by atoms with Crippen molar-refractivity contribution in [2.75, 3.05) is 26.2 Å². The van der Waals surface area contributed by atoms with Crippen molar-refractivity contribution in [3.8, 4) is 0 Å². The Morgan fingerprint density at radius 1 is 1.18 bits per heavy atom. The van der Waals surface area contributed by atoms with E-state index in [1.807, 2.05) is 11.0 Å². The van der Waals surface area contributed by atoms with Crippen molar-refractivity contribution in [1.82, 2.24) is 10.2 Å². The molecular formula is C14H18N2O. The van der Waals surface area contributed by atoms with Crippen LogP contribution in [-0.2, 0) is 4.79 Å². The number of rotatable bonds is 2. The second-order valence-corrected chi connectivity index (χ2v) is 4.93. The zero-order valence-electron chi connectivity index (χ0n) is 9.93. The normalized spacial score (nSPS) is 27.9. The molecule has 0 radical (unpaired) electrons. The molecule has 1 aliphatic carbocycles. The van der Waals surface area contributed by atoms with E-state index in [-0.39, 0.29) is 5.92 Å². The Hall–Kier alpha value is -1.35. The van der Waals surface area contributed by atoms with Crippen molar-refractivity contribution in [2.24, 2.45) is 5.92 Å². The van der Waals surface area contributed by atoms with Crippen LogP contribution in [0.25, 0.3) is 0 Å². The van der Waals surface area contributed by atoms with E-state index in [4.69, 9.17) is 0 Å². The third-order valence-electron chi connectivity index (χ3n) is 3.76. The summed E-state index contributed by atoms with van der Waals surface area (Å²) in [6.07, 6.45) is 1.03. The first kappa shape index (κ1) is 10.8. The van der Waals surface area contributed by atoms with Gasteiger partial charge in [-0.1, -0.05) is 30.3 Å². The number of nitrogens with zero attached hydrogens (tertiary/aromatic N) is 1. The van der Waals surface area contributed by atoms with Gasteiger partial charge in [-0.3, -0.25) is 4.79 Å². The van der Waals surface area contributed by atoms with Gasteiger partial charge in [0.05, 0.1) is 0 Å². The molecule has 1 aliphatic heterocycles. The monoisotopic (exact) mass is 230 g/mol. The molecule has 3 heteroatoms. The van der Waals surface area contributed by atoms with Crippen LogP contribution >= 0.6 is 0 Å². The highest BCUT2D eigenvalue weighted by Crippen LogP contribution is 2.48. The Morgan fingerprint density at radius 2 is 1.88 bits per heavy atom. The van der Waals surface area contributed by atoms with Crippen molar-refractivity contribution in [3.05, 3.63) is 35.9 Å². The van der Waals surface area contributed by atoms with Crippen molar-refractivity contribution >= 4 is 5.91 Å². The van der Waals surface area contributed by atoms with Gasteiger partial charge in [-0.2, -0.15) is 0 Å². The number of benzene rings is 1. The van der Waals surface area contributed by atoms with Crippen molar-refractivity contribution in [3.63, 3.8) is 0 Å². The molecule has 1 saturated heterocycles. The number of hydrogen-bond donors (Lipinski definition) is 1. The highest BCUT2D eigenvalue weighted by molar-refractivity contribution is 5.83. The van der Waals surface area contributed by atoms with E-state index in [1.165, 1.54) is 5.56 Å². The Labute approximate surface area is 102 Å². The average Bonchev–Trinajstić information content (AvgIpc) is 3.20. The predicted molar refractivity (Wildman–Crippen MR) is 66.7 cm³/mol. The first-order valence-electron chi connectivity index (χ1n) is 6.41. The zero-order chi connectivity index (χ0) is 11.7. The van der Waals surface area contributed by atoms with Gasteiger partial charge in [-0.05, 0) is 17.9 Å². The third kappa shape index (κ3) is 2.20. The maximum Gasteiger partial charge on any atom is 0.226 e. The summed E-state index contributed by atoms with van der Waals surface area (Å²) in [6.45, 7) is 3.62. The second-order valence-electron chi connectivity index (χ2n) is 4.93. The van der Waals surface area contributed by atoms with Crippen LogP contribution in [0.4, 0.5) is 0 Å². The molecule has 1 amide bonds. The summed E-state index contributed by atoms with van der Waals surface area (Å²) in [7, 11) is 0. The molecule has 1 aromatic carbocycles. The van der Waals surface area contributed by atoms with Crippen LogP contribution < -0.4 is 5.32 Å². The van der Waals surface area contributed by atoms with Gasteiger partial charge in [0.2, 0.25) is 5.91 Å². The van der Waals surface area contributed by atoms with E-state index in [1.54, 1.807) is 0 Å². The summed E-state index contributed by atoms with van der Waals surface area (Å²) in [5, 5.41) is 3.28. The van der Waals surface area contributed by atoms with Crippen LogP contribution in [0.15, 0.2) is 30.3 Å². The minimum absolute atomic E-state index is 0.246. The Balaban J connectivity index is 1.62. The summed E-state index contributed by atoms with van der Waals surface area (Å²) >= 11 is 0. The minimum atomic E-state index is 0.246. The predicted octanol–water partition coefficient (Wildman–Crippen LogP) is 1.22. The summed E-state index contributed by atoms with van der Waals surface area (Å²) < 4.78 is 0. The van der Waals surface area contributed by atoms with E-state index in [2.05, 4.69) is 29.6 Å². The van der Waals surface area contributed by atoms with Crippen molar-refractivity contribution < 1.29 is 4.79 Å². The molecular weight excluding hydrogens is 212 g/mol. The lowest BCUT2D eigenvalue weighted by molar-refractivity contribution is -0.133. The maximum absolute atomic E-state index is 12.2.